The van der Waals surface area contributed by atoms with Crippen molar-refractivity contribution in [3.63, 3.8) is 0 Å². The van der Waals surface area contributed by atoms with Crippen LogP contribution in [0.4, 0.5) is 4.39 Å². The van der Waals surface area contributed by atoms with Gasteiger partial charge >= 0.3 is 0 Å². The molecule has 0 saturated carbocycles. The van der Waals surface area contributed by atoms with Crippen LogP contribution >= 0.6 is 0 Å². The average Bonchev–Trinajstić information content (AvgIpc) is 2.21. The summed E-state index contributed by atoms with van der Waals surface area (Å²) in [5, 5.41) is 16.8. The van der Waals surface area contributed by atoms with Crippen LogP contribution in [0, 0.1) is 22.7 Å². The van der Waals surface area contributed by atoms with Crippen LogP contribution in [0.5, 0.6) is 0 Å². The molecule has 0 spiro atoms. The van der Waals surface area contributed by atoms with Crippen molar-refractivity contribution >= 4 is 5.78 Å². The topological polar surface area (TPSA) is 64.7 Å². The monoisotopic (exact) mass is 210 g/mol. The zero-order chi connectivity index (χ0) is 11.7. The van der Waals surface area contributed by atoms with Crippen molar-refractivity contribution in [2.75, 3.05) is 0 Å². The highest BCUT2D eigenvalue weighted by atomic mass is 19.1. The third-order valence-corrected chi connectivity index (χ3v) is 2.29. The van der Waals surface area contributed by atoms with Crippen molar-refractivity contribution in [2.45, 2.75) is 51.1 Å². The van der Waals surface area contributed by atoms with Crippen LogP contribution in [0.2, 0.25) is 0 Å². The Morgan fingerprint density at radius 3 is 2.00 bits per heavy atom. The standard InChI is InChI=1S/C11H15FN2O/c1-10(15)4-7-11(12,5-2-8-13)6-3-9-14/h2-7H2,1H3. The van der Waals surface area contributed by atoms with Crippen molar-refractivity contribution in [1.82, 2.24) is 0 Å². The number of hydrogen-bond acceptors (Lipinski definition) is 3. The Balaban J connectivity index is 4.21. The minimum atomic E-state index is -1.53. The van der Waals surface area contributed by atoms with Crippen LogP contribution in [0.3, 0.4) is 0 Å². The Morgan fingerprint density at radius 1 is 1.20 bits per heavy atom. The smallest absolute Gasteiger partial charge is 0.129 e. The van der Waals surface area contributed by atoms with E-state index in [0.717, 1.165) is 0 Å². The molecule has 0 rings (SSSR count). The summed E-state index contributed by atoms with van der Waals surface area (Å²) in [5.41, 5.74) is -1.53. The molecular formula is C11H15FN2O. The maximum absolute atomic E-state index is 14.1. The van der Waals surface area contributed by atoms with E-state index in [1.807, 2.05) is 12.1 Å². The second-order valence-corrected chi connectivity index (χ2v) is 3.67. The molecule has 0 radical (unpaired) electrons. The van der Waals surface area contributed by atoms with Gasteiger partial charge in [-0.05, 0) is 26.2 Å². The van der Waals surface area contributed by atoms with Gasteiger partial charge in [-0.2, -0.15) is 10.5 Å². The van der Waals surface area contributed by atoms with Crippen LogP contribution < -0.4 is 0 Å². The second-order valence-electron chi connectivity index (χ2n) is 3.67. The number of nitriles is 2. The molecular weight excluding hydrogens is 195 g/mol. The summed E-state index contributed by atoms with van der Waals surface area (Å²) in [6.45, 7) is 1.41. The number of carbonyl (C=O) groups is 1. The molecule has 0 aliphatic heterocycles. The highest BCUT2D eigenvalue weighted by Gasteiger charge is 2.28. The van der Waals surface area contributed by atoms with Gasteiger partial charge in [-0.1, -0.05) is 0 Å². The van der Waals surface area contributed by atoms with Crippen molar-refractivity contribution in [2.24, 2.45) is 0 Å². The van der Waals surface area contributed by atoms with Gasteiger partial charge in [0.1, 0.15) is 11.5 Å². The summed E-state index contributed by atoms with van der Waals surface area (Å²) >= 11 is 0. The summed E-state index contributed by atoms with van der Waals surface area (Å²) < 4.78 is 14.1. The van der Waals surface area contributed by atoms with Crippen molar-refractivity contribution in [3.05, 3.63) is 0 Å². The number of rotatable bonds is 7. The maximum atomic E-state index is 14.1. The first kappa shape index (κ1) is 13.6. The number of carbonyl (C=O) groups excluding carboxylic acids is 1. The second kappa shape index (κ2) is 6.95. The average molecular weight is 210 g/mol. The summed E-state index contributed by atoms with van der Waals surface area (Å²) in [6.07, 6.45) is 0.760. The minimum Gasteiger partial charge on any atom is -0.300 e. The van der Waals surface area contributed by atoms with Gasteiger partial charge in [-0.25, -0.2) is 4.39 Å². The predicted octanol–water partition coefficient (Wildman–Crippen LogP) is 2.67. The number of halogens is 1. The van der Waals surface area contributed by atoms with Gasteiger partial charge in [0.15, 0.2) is 0 Å². The van der Waals surface area contributed by atoms with Crippen LogP contribution in [-0.4, -0.2) is 11.5 Å². The van der Waals surface area contributed by atoms with E-state index in [1.54, 1.807) is 0 Å². The molecule has 0 atom stereocenters. The number of Topliss-reactive ketones (excluding diaryl/α,β-unsaturated/α-hetero) is 1. The molecule has 0 unspecified atom stereocenters. The Bertz CT molecular complexity index is 270. The van der Waals surface area contributed by atoms with Gasteiger partial charge in [-0.3, -0.25) is 0 Å². The third-order valence-electron chi connectivity index (χ3n) is 2.29. The number of nitrogens with zero attached hydrogens (tertiary/aromatic N) is 2. The van der Waals surface area contributed by atoms with Gasteiger partial charge in [0, 0.05) is 19.3 Å². The molecule has 4 heteroatoms. The summed E-state index contributed by atoms with van der Waals surface area (Å²) in [5.74, 6) is -0.0639. The molecule has 0 aromatic carbocycles. The van der Waals surface area contributed by atoms with E-state index in [9.17, 15) is 9.18 Å². The summed E-state index contributed by atoms with van der Waals surface area (Å²) in [6, 6.07) is 3.76. The SMILES string of the molecule is CC(=O)CCC(F)(CCC#N)CCC#N. The molecule has 15 heavy (non-hydrogen) atoms. The van der Waals surface area contributed by atoms with Crippen LogP contribution in [0.1, 0.15) is 45.4 Å². The number of alkyl halides is 1. The molecule has 0 fully saturated rings. The molecule has 0 aliphatic carbocycles. The van der Waals surface area contributed by atoms with Gasteiger partial charge in [0.05, 0.1) is 12.1 Å². The van der Waals surface area contributed by atoms with Gasteiger partial charge in [0.25, 0.3) is 0 Å². The van der Waals surface area contributed by atoms with Crippen molar-refractivity contribution in [3.8, 4) is 12.1 Å². The molecule has 0 bridgehead atoms. The molecule has 0 aromatic heterocycles. The molecule has 3 nitrogen and oxygen atoms in total. The van der Waals surface area contributed by atoms with E-state index in [2.05, 4.69) is 0 Å². The van der Waals surface area contributed by atoms with E-state index < -0.39 is 5.67 Å². The fourth-order valence-corrected chi connectivity index (χ4v) is 1.33. The predicted molar refractivity (Wildman–Crippen MR) is 53.4 cm³/mol. The lowest BCUT2D eigenvalue weighted by atomic mass is 9.89. The first-order chi connectivity index (χ1) is 7.04. The van der Waals surface area contributed by atoms with E-state index in [0.29, 0.717) is 0 Å². The van der Waals surface area contributed by atoms with Crippen LogP contribution in [0.25, 0.3) is 0 Å². The van der Waals surface area contributed by atoms with Crippen molar-refractivity contribution < 1.29 is 9.18 Å². The van der Waals surface area contributed by atoms with E-state index in [4.69, 9.17) is 10.5 Å². The van der Waals surface area contributed by atoms with E-state index in [1.165, 1.54) is 6.92 Å². The normalized spacial score (nSPS) is 10.4. The highest BCUT2D eigenvalue weighted by Crippen LogP contribution is 2.29. The molecule has 0 aromatic rings. The molecule has 0 aliphatic rings. The highest BCUT2D eigenvalue weighted by molar-refractivity contribution is 5.75. The fraction of sp³-hybridized carbons (Fsp3) is 0.727. The molecule has 0 amide bonds. The zero-order valence-electron chi connectivity index (χ0n) is 8.92. The van der Waals surface area contributed by atoms with Crippen molar-refractivity contribution in [1.29, 1.82) is 10.5 Å². The fourth-order valence-electron chi connectivity index (χ4n) is 1.33. The lowest BCUT2D eigenvalue weighted by Crippen LogP contribution is -2.23. The Morgan fingerprint density at radius 2 is 1.67 bits per heavy atom. The first-order valence-corrected chi connectivity index (χ1v) is 4.96. The van der Waals surface area contributed by atoms with Gasteiger partial charge < -0.3 is 4.79 Å². The van der Waals surface area contributed by atoms with E-state index >= 15 is 0 Å². The Kier molecular flexibility index (Phi) is 6.29. The Hall–Kier alpha value is -1.42. The summed E-state index contributed by atoms with van der Waals surface area (Å²) in [4.78, 5) is 10.7. The first-order valence-electron chi connectivity index (χ1n) is 4.96. The summed E-state index contributed by atoms with van der Waals surface area (Å²) in [7, 11) is 0. The Labute approximate surface area is 89.5 Å². The van der Waals surface area contributed by atoms with E-state index in [-0.39, 0.29) is 44.3 Å². The minimum absolute atomic E-state index is 0.0639. The largest absolute Gasteiger partial charge is 0.300 e. The van der Waals surface area contributed by atoms with Crippen LogP contribution in [-0.2, 0) is 4.79 Å². The van der Waals surface area contributed by atoms with Gasteiger partial charge in [-0.15, -0.1) is 0 Å². The molecule has 0 heterocycles. The lowest BCUT2D eigenvalue weighted by Gasteiger charge is -2.22. The molecule has 82 valence electrons. The molecule has 0 saturated heterocycles. The third kappa shape index (κ3) is 6.62. The van der Waals surface area contributed by atoms with Crippen LogP contribution in [0.15, 0.2) is 0 Å². The number of ketones is 1. The number of hydrogen-bond donors (Lipinski definition) is 0. The maximum Gasteiger partial charge on any atom is 0.129 e. The zero-order valence-corrected chi connectivity index (χ0v) is 8.92. The molecule has 0 N–H and O–H groups in total. The lowest BCUT2D eigenvalue weighted by molar-refractivity contribution is -0.117. The quantitative estimate of drug-likeness (QED) is 0.648. The van der Waals surface area contributed by atoms with Gasteiger partial charge in [0.2, 0.25) is 0 Å².